The monoisotopic (exact) mass is 220 g/mol. The Morgan fingerprint density at radius 2 is 2.19 bits per heavy atom. The molecule has 0 spiro atoms. The summed E-state index contributed by atoms with van der Waals surface area (Å²) in [5, 5.41) is 6.90. The smallest absolute Gasteiger partial charge is 0.148 e. The summed E-state index contributed by atoms with van der Waals surface area (Å²) < 4.78 is 4.72. The first-order valence-corrected chi connectivity index (χ1v) is 4.72. The van der Waals surface area contributed by atoms with Crippen molar-refractivity contribution in [2.45, 2.75) is 13.5 Å². The molecule has 0 aliphatic carbocycles. The van der Waals surface area contributed by atoms with Gasteiger partial charge in [0, 0.05) is 11.6 Å². The lowest BCUT2D eigenvalue weighted by atomic mass is 10.3. The van der Waals surface area contributed by atoms with Gasteiger partial charge in [-0.1, -0.05) is 5.16 Å². The van der Waals surface area contributed by atoms with E-state index in [2.05, 4.69) is 25.9 Å². The summed E-state index contributed by atoms with van der Waals surface area (Å²) in [6, 6.07) is 1.78. The largest absolute Gasteiger partial charge is 0.364 e. The standard InChI is InChI=1S/C9H12N6O/c1-6-8(12-5-13-9(6)14-10)11-4-7-2-3-16-15-7/h2-3,5H,4,10H2,1H3,(H2,11,12,13,14). The maximum Gasteiger partial charge on any atom is 0.148 e. The third-order valence-corrected chi connectivity index (χ3v) is 2.15. The number of anilines is 2. The molecule has 0 bridgehead atoms. The van der Waals surface area contributed by atoms with Crippen LogP contribution in [0.5, 0.6) is 0 Å². The van der Waals surface area contributed by atoms with Crippen molar-refractivity contribution in [1.29, 1.82) is 0 Å². The fourth-order valence-corrected chi connectivity index (χ4v) is 1.28. The second-order valence-electron chi connectivity index (χ2n) is 3.18. The van der Waals surface area contributed by atoms with Crippen LogP contribution >= 0.6 is 0 Å². The van der Waals surface area contributed by atoms with E-state index in [1.54, 1.807) is 6.07 Å². The van der Waals surface area contributed by atoms with Crippen molar-refractivity contribution in [3.63, 3.8) is 0 Å². The highest BCUT2D eigenvalue weighted by atomic mass is 16.5. The molecule has 0 saturated heterocycles. The first-order valence-electron chi connectivity index (χ1n) is 4.72. The van der Waals surface area contributed by atoms with Crippen LogP contribution in [0.3, 0.4) is 0 Å². The van der Waals surface area contributed by atoms with Gasteiger partial charge in [-0.05, 0) is 6.92 Å². The van der Waals surface area contributed by atoms with Gasteiger partial charge in [-0.2, -0.15) is 0 Å². The van der Waals surface area contributed by atoms with E-state index < -0.39 is 0 Å². The molecule has 2 rings (SSSR count). The molecular weight excluding hydrogens is 208 g/mol. The minimum absolute atomic E-state index is 0.540. The van der Waals surface area contributed by atoms with Gasteiger partial charge in [-0.15, -0.1) is 0 Å². The molecule has 0 unspecified atom stereocenters. The summed E-state index contributed by atoms with van der Waals surface area (Å²) in [5.41, 5.74) is 4.16. The van der Waals surface area contributed by atoms with E-state index in [-0.39, 0.29) is 0 Å². The van der Waals surface area contributed by atoms with Crippen LogP contribution in [0.15, 0.2) is 23.2 Å². The molecule has 0 saturated carbocycles. The number of rotatable bonds is 4. The van der Waals surface area contributed by atoms with Gasteiger partial charge in [-0.25, -0.2) is 15.8 Å². The number of nitrogens with two attached hydrogens (primary N) is 1. The third-order valence-electron chi connectivity index (χ3n) is 2.15. The summed E-state index contributed by atoms with van der Waals surface area (Å²) in [6.07, 6.45) is 2.96. The molecule has 7 heteroatoms. The zero-order chi connectivity index (χ0) is 11.4. The molecule has 7 nitrogen and oxygen atoms in total. The Labute approximate surface area is 92.0 Å². The first-order chi connectivity index (χ1) is 7.81. The van der Waals surface area contributed by atoms with Crippen LogP contribution in [0.4, 0.5) is 11.6 Å². The van der Waals surface area contributed by atoms with E-state index in [1.807, 2.05) is 6.92 Å². The SMILES string of the molecule is Cc1c(NN)ncnc1NCc1ccon1. The summed E-state index contributed by atoms with van der Waals surface area (Å²) in [5.74, 6) is 6.62. The van der Waals surface area contributed by atoms with E-state index >= 15 is 0 Å². The molecule has 2 aromatic rings. The number of nitrogens with zero attached hydrogens (tertiary/aromatic N) is 3. The van der Waals surface area contributed by atoms with Crippen LogP contribution < -0.4 is 16.6 Å². The van der Waals surface area contributed by atoms with Crippen molar-refractivity contribution in [3.8, 4) is 0 Å². The number of hydrazine groups is 1. The van der Waals surface area contributed by atoms with Gasteiger partial charge in [0.05, 0.1) is 6.54 Å². The van der Waals surface area contributed by atoms with E-state index in [9.17, 15) is 0 Å². The fraction of sp³-hybridized carbons (Fsp3) is 0.222. The van der Waals surface area contributed by atoms with Gasteiger partial charge >= 0.3 is 0 Å². The molecule has 16 heavy (non-hydrogen) atoms. The van der Waals surface area contributed by atoms with E-state index in [4.69, 9.17) is 10.4 Å². The maximum absolute atomic E-state index is 5.31. The van der Waals surface area contributed by atoms with Gasteiger partial charge in [0.1, 0.15) is 29.9 Å². The molecule has 2 heterocycles. The van der Waals surface area contributed by atoms with Gasteiger partial charge < -0.3 is 15.3 Å². The lowest BCUT2D eigenvalue weighted by Gasteiger charge is -2.09. The Hall–Kier alpha value is -2.15. The topological polar surface area (TPSA) is 102 Å². The van der Waals surface area contributed by atoms with Gasteiger partial charge in [0.2, 0.25) is 0 Å². The number of aromatic nitrogens is 3. The molecular formula is C9H12N6O. The van der Waals surface area contributed by atoms with Crippen LogP contribution in [0, 0.1) is 6.92 Å². The van der Waals surface area contributed by atoms with Crippen LogP contribution in [0.1, 0.15) is 11.3 Å². The average molecular weight is 220 g/mol. The van der Waals surface area contributed by atoms with Crippen molar-refractivity contribution in [2.75, 3.05) is 10.7 Å². The van der Waals surface area contributed by atoms with Gasteiger partial charge in [0.25, 0.3) is 0 Å². The summed E-state index contributed by atoms with van der Waals surface area (Å²) in [4.78, 5) is 8.09. The molecule has 0 aliphatic heterocycles. The average Bonchev–Trinajstić information content (AvgIpc) is 2.81. The normalized spacial score (nSPS) is 10.1. The highest BCUT2D eigenvalue weighted by Crippen LogP contribution is 2.17. The van der Waals surface area contributed by atoms with Gasteiger partial charge in [-0.3, -0.25) is 0 Å². The molecule has 0 atom stereocenters. The lowest BCUT2D eigenvalue weighted by Crippen LogP contribution is -2.12. The molecule has 0 radical (unpaired) electrons. The van der Waals surface area contributed by atoms with Gasteiger partial charge in [0.15, 0.2) is 0 Å². The molecule has 0 aliphatic rings. The Balaban J connectivity index is 2.09. The maximum atomic E-state index is 5.31. The second-order valence-corrected chi connectivity index (χ2v) is 3.18. The Kier molecular flexibility index (Phi) is 2.97. The summed E-state index contributed by atoms with van der Waals surface area (Å²) >= 11 is 0. The van der Waals surface area contributed by atoms with E-state index in [0.29, 0.717) is 18.2 Å². The summed E-state index contributed by atoms with van der Waals surface area (Å²) in [7, 11) is 0. The Morgan fingerprint density at radius 3 is 2.88 bits per heavy atom. The fourth-order valence-electron chi connectivity index (χ4n) is 1.28. The van der Waals surface area contributed by atoms with Crippen molar-refractivity contribution < 1.29 is 4.52 Å². The zero-order valence-corrected chi connectivity index (χ0v) is 8.77. The molecule has 0 amide bonds. The predicted octanol–water partition coefficient (Wildman–Crippen LogP) is 0.671. The molecule has 4 N–H and O–H groups in total. The molecule has 2 aromatic heterocycles. The Morgan fingerprint density at radius 1 is 1.38 bits per heavy atom. The zero-order valence-electron chi connectivity index (χ0n) is 8.77. The minimum Gasteiger partial charge on any atom is -0.364 e. The molecule has 84 valence electrons. The predicted molar refractivity (Wildman–Crippen MR) is 58.4 cm³/mol. The third kappa shape index (κ3) is 2.09. The van der Waals surface area contributed by atoms with Crippen LogP contribution in [-0.2, 0) is 6.54 Å². The lowest BCUT2D eigenvalue weighted by molar-refractivity contribution is 0.412. The van der Waals surface area contributed by atoms with Crippen LogP contribution in [-0.4, -0.2) is 15.1 Å². The quantitative estimate of drug-likeness (QED) is 0.514. The highest BCUT2D eigenvalue weighted by molar-refractivity contribution is 5.55. The number of nitrogen functional groups attached to an aromatic ring is 1. The van der Waals surface area contributed by atoms with Crippen molar-refractivity contribution in [3.05, 3.63) is 29.9 Å². The first kappa shape index (κ1) is 10.4. The van der Waals surface area contributed by atoms with E-state index in [1.165, 1.54) is 12.6 Å². The van der Waals surface area contributed by atoms with Crippen molar-refractivity contribution in [2.24, 2.45) is 5.84 Å². The van der Waals surface area contributed by atoms with Crippen LogP contribution in [0.2, 0.25) is 0 Å². The van der Waals surface area contributed by atoms with Crippen molar-refractivity contribution in [1.82, 2.24) is 15.1 Å². The van der Waals surface area contributed by atoms with Crippen LogP contribution in [0.25, 0.3) is 0 Å². The number of hydrogen-bond acceptors (Lipinski definition) is 7. The molecule has 0 aromatic carbocycles. The van der Waals surface area contributed by atoms with Crippen molar-refractivity contribution >= 4 is 11.6 Å². The summed E-state index contributed by atoms with van der Waals surface area (Å²) in [6.45, 7) is 2.42. The highest BCUT2D eigenvalue weighted by Gasteiger charge is 2.05. The number of hydrogen-bond donors (Lipinski definition) is 3. The molecule has 0 fully saturated rings. The number of nitrogens with one attached hydrogen (secondary N) is 2. The van der Waals surface area contributed by atoms with E-state index in [0.717, 1.165) is 11.3 Å². The minimum atomic E-state index is 0.540. The Bertz CT molecular complexity index is 455. The second kappa shape index (κ2) is 4.58.